The number of aryl methyl sites for hydroxylation is 1. The molecule has 0 aromatic heterocycles. The molecule has 0 aliphatic heterocycles. The van der Waals surface area contributed by atoms with Crippen molar-refractivity contribution in [2.24, 2.45) is 17.4 Å². The molecule has 0 radical (unpaired) electrons. The van der Waals surface area contributed by atoms with Crippen LogP contribution >= 0.6 is 0 Å². The van der Waals surface area contributed by atoms with E-state index in [0.29, 0.717) is 25.1 Å². The maximum absolute atomic E-state index is 14.0. The van der Waals surface area contributed by atoms with Gasteiger partial charge in [0.05, 0.1) is 17.4 Å². The van der Waals surface area contributed by atoms with Crippen LogP contribution in [0.25, 0.3) is 5.70 Å². The lowest BCUT2D eigenvalue weighted by Gasteiger charge is -2.22. The van der Waals surface area contributed by atoms with Crippen molar-refractivity contribution < 1.29 is 27.9 Å². The number of sulfonamides is 1. The van der Waals surface area contributed by atoms with Gasteiger partial charge in [-0.05, 0) is 71.2 Å². The van der Waals surface area contributed by atoms with Gasteiger partial charge in [0.1, 0.15) is 0 Å². The minimum absolute atomic E-state index is 0.0403. The molecule has 0 fully saturated rings. The molecule has 2 atom stereocenters. The van der Waals surface area contributed by atoms with Crippen LogP contribution in [0.2, 0.25) is 0 Å². The number of hydrogen-bond acceptors (Lipinski definition) is 7. The van der Waals surface area contributed by atoms with E-state index in [2.05, 4.69) is 16.6 Å². The van der Waals surface area contributed by atoms with Gasteiger partial charge in [0.25, 0.3) is 0 Å². The number of rotatable bonds is 19. The number of benzene rings is 4. The summed E-state index contributed by atoms with van der Waals surface area (Å²) >= 11 is 0. The van der Waals surface area contributed by atoms with E-state index >= 15 is 0 Å². The van der Waals surface area contributed by atoms with E-state index in [1.54, 1.807) is 0 Å². The third-order valence-electron chi connectivity index (χ3n) is 8.36. The van der Waals surface area contributed by atoms with Crippen LogP contribution in [0.5, 0.6) is 0 Å². The molecule has 0 saturated heterocycles. The summed E-state index contributed by atoms with van der Waals surface area (Å²) in [6.45, 7) is 4.27. The molecule has 0 aliphatic carbocycles. The van der Waals surface area contributed by atoms with Crippen molar-refractivity contribution in [3.63, 3.8) is 0 Å². The predicted octanol–water partition coefficient (Wildman–Crippen LogP) is 4.72. The average Bonchev–Trinajstić information content (AvgIpc) is 3.10. The molecule has 0 aliphatic rings. The second-order valence-corrected chi connectivity index (χ2v) is 14.1. The molecule has 50 heavy (non-hydrogen) atoms. The number of carboxylic acid groups (broad SMARTS) is 1. The first-order valence-corrected chi connectivity index (χ1v) is 18.1. The van der Waals surface area contributed by atoms with E-state index in [1.165, 1.54) is 24.3 Å². The number of Topliss-reactive ketones (excluding diaryl/α,β-unsaturated/α-hetero) is 1. The number of nitrogens with two attached hydrogens (primary N) is 2. The molecule has 0 unspecified atom stereocenters. The Morgan fingerprint density at radius 3 is 2.12 bits per heavy atom. The highest BCUT2D eigenvalue weighted by Crippen LogP contribution is 2.20. The Labute approximate surface area is 293 Å². The first-order valence-electron chi connectivity index (χ1n) is 16.4. The number of hydrogen-bond donors (Lipinski definition) is 5. The summed E-state index contributed by atoms with van der Waals surface area (Å²) in [4.78, 5) is 39.2. The summed E-state index contributed by atoms with van der Waals surface area (Å²) in [5.74, 6) is -3.25. The summed E-state index contributed by atoms with van der Waals surface area (Å²) in [7, 11) is -4.09. The number of nitrogens with one attached hydrogen (secondary N) is 2. The van der Waals surface area contributed by atoms with Crippen molar-refractivity contribution >= 4 is 33.4 Å². The largest absolute Gasteiger partial charge is 0.478 e. The molecule has 7 N–H and O–H groups in total. The van der Waals surface area contributed by atoms with Crippen LogP contribution in [0.3, 0.4) is 0 Å². The zero-order valence-electron chi connectivity index (χ0n) is 27.9. The first kappa shape index (κ1) is 37.7. The summed E-state index contributed by atoms with van der Waals surface area (Å²) in [5, 5.41) is 12.3. The highest BCUT2D eigenvalue weighted by Gasteiger charge is 2.30. The van der Waals surface area contributed by atoms with Gasteiger partial charge in [-0.1, -0.05) is 97.6 Å². The quantitative estimate of drug-likeness (QED) is 0.0934. The van der Waals surface area contributed by atoms with Crippen molar-refractivity contribution in [2.45, 2.75) is 57.0 Å². The van der Waals surface area contributed by atoms with Gasteiger partial charge >= 0.3 is 5.97 Å². The Balaban J connectivity index is 1.55. The number of amides is 1. The topological polar surface area (TPSA) is 182 Å². The van der Waals surface area contributed by atoms with Crippen molar-refractivity contribution in [3.05, 3.63) is 149 Å². The summed E-state index contributed by atoms with van der Waals surface area (Å²) in [6, 6.07) is 29.0. The number of carboxylic acids is 1. The lowest BCUT2D eigenvalue weighted by Crippen LogP contribution is -2.43. The van der Waals surface area contributed by atoms with Crippen LogP contribution in [-0.2, 0) is 51.3 Å². The van der Waals surface area contributed by atoms with Crippen molar-refractivity contribution in [1.82, 2.24) is 10.0 Å². The molecule has 0 bridgehead atoms. The second-order valence-electron chi connectivity index (χ2n) is 12.3. The molecular formula is C39H44N4O6S. The molecule has 0 saturated carbocycles. The Morgan fingerprint density at radius 2 is 1.44 bits per heavy atom. The van der Waals surface area contributed by atoms with Gasteiger partial charge in [0.15, 0.2) is 5.78 Å². The minimum atomic E-state index is -4.09. The van der Waals surface area contributed by atoms with Gasteiger partial charge < -0.3 is 21.9 Å². The molecule has 4 aromatic carbocycles. The third kappa shape index (κ3) is 11.8. The minimum Gasteiger partial charge on any atom is -0.478 e. The molecule has 11 heteroatoms. The van der Waals surface area contributed by atoms with E-state index in [0.717, 1.165) is 27.8 Å². The number of carbonyl (C=O) groups is 3. The first-order chi connectivity index (χ1) is 23.9. The van der Waals surface area contributed by atoms with E-state index in [9.17, 15) is 27.9 Å². The maximum Gasteiger partial charge on any atom is 0.335 e. The smallest absolute Gasteiger partial charge is 0.335 e. The molecule has 10 nitrogen and oxygen atoms in total. The molecule has 4 aromatic rings. The van der Waals surface area contributed by atoms with Gasteiger partial charge in [0.2, 0.25) is 15.9 Å². The monoisotopic (exact) mass is 696 g/mol. The van der Waals surface area contributed by atoms with Crippen LogP contribution in [0.15, 0.2) is 110 Å². The number of carbonyl (C=O) groups excluding carboxylic acids is 2. The molecule has 0 spiro atoms. The van der Waals surface area contributed by atoms with Crippen molar-refractivity contribution in [3.8, 4) is 0 Å². The van der Waals surface area contributed by atoms with E-state index in [1.807, 2.05) is 78.9 Å². The normalized spacial score (nSPS) is 12.5. The summed E-state index contributed by atoms with van der Waals surface area (Å²) < 4.78 is 29.4. The summed E-state index contributed by atoms with van der Waals surface area (Å²) in [6.07, 6.45) is 1.37. The van der Waals surface area contributed by atoms with Gasteiger partial charge in [-0.15, -0.1) is 0 Å². The van der Waals surface area contributed by atoms with Crippen LogP contribution in [0.1, 0.15) is 63.0 Å². The fourth-order valence-corrected chi connectivity index (χ4v) is 7.08. The maximum atomic E-state index is 14.0. The number of ketones is 1. The fourth-order valence-electron chi connectivity index (χ4n) is 5.69. The summed E-state index contributed by atoms with van der Waals surface area (Å²) in [5.41, 5.74) is 16.7. The lowest BCUT2D eigenvalue weighted by atomic mass is 9.89. The van der Waals surface area contributed by atoms with E-state index < -0.39 is 39.5 Å². The Bertz CT molecular complexity index is 1900. The Hall–Kier alpha value is -5.10. The standard InChI is InChI=1S/C39H44N4O6S/c1-27(41)33-18-16-29(17-19-33)25-42-38(45)35(21-30-11-5-12-31(20-30)24-40)23-37(44)36(15-7-10-28-8-3-2-4-9-28)43-50(48,49)26-32-13-6-14-34(22-32)39(46)47/h2-6,8-9,11-14,16-20,22,35-36,43H,1,7,10,15,21,23-26,40-41H2,(H,42,45)(H,46,47)/t35-,36-/m1/s1. The molecule has 1 amide bonds. The Morgan fingerprint density at radius 1 is 0.780 bits per heavy atom. The SMILES string of the molecule is C=C(N)c1ccc(CNC(=O)[C@@H](CC(=O)[C@@H](CCCc2ccccc2)NS(=O)(=O)Cc2cccc(C(=O)O)c2)Cc2cccc(CN)c2)cc1. The molecule has 0 heterocycles. The van der Waals surface area contributed by atoms with Gasteiger partial charge in [-0.25, -0.2) is 17.9 Å². The van der Waals surface area contributed by atoms with Crippen molar-refractivity contribution in [1.29, 1.82) is 0 Å². The van der Waals surface area contributed by atoms with Crippen molar-refractivity contribution in [2.75, 3.05) is 0 Å². The predicted molar refractivity (Wildman–Crippen MR) is 195 cm³/mol. The zero-order chi connectivity index (χ0) is 36.1. The van der Waals surface area contributed by atoms with E-state index in [-0.39, 0.29) is 42.8 Å². The highest BCUT2D eigenvalue weighted by molar-refractivity contribution is 7.88. The van der Waals surface area contributed by atoms with Gasteiger partial charge in [0, 0.05) is 31.1 Å². The van der Waals surface area contributed by atoms with Crippen LogP contribution in [0.4, 0.5) is 0 Å². The molecular weight excluding hydrogens is 653 g/mol. The third-order valence-corrected chi connectivity index (χ3v) is 9.72. The Kier molecular flexibility index (Phi) is 13.6. The van der Waals surface area contributed by atoms with Gasteiger partial charge in [-0.3, -0.25) is 9.59 Å². The number of aromatic carboxylic acids is 1. The van der Waals surface area contributed by atoms with Crippen LogP contribution < -0.4 is 21.5 Å². The van der Waals surface area contributed by atoms with Gasteiger partial charge in [-0.2, -0.15) is 0 Å². The molecule has 4 rings (SSSR count). The second kappa shape index (κ2) is 18.1. The molecule has 262 valence electrons. The average molecular weight is 697 g/mol. The fraction of sp³-hybridized carbons (Fsp3) is 0.256. The van der Waals surface area contributed by atoms with Crippen LogP contribution in [0, 0.1) is 5.92 Å². The lowest BCUT2D eigenvalue weighted by molar-refractivity contribution is -0.130. The zero-order valence-corrected chi connectivity index (χ0v) is 28.7. The van der Waals surface area contributed by atoms with E-state index in [4.69, 9.17) is 11.5 Å². The van der Waals surface area contributed by atoms with Crippen LogP contribution in [-0.4, -0.2) is 37.2 Å². The highest BCUT2D eigenvalue weighted by atomic mass is 32.2.